The molecule has 7 heteroatoms. The third-order valence-electron chi connectivity index (χ3n) is 5.94. The third-order valence-corrected chi connectivity index (χ3v) is 6.55. The fraction of sp³-hybridized carbons (Fsp3) is 0.269. The van der Waals surface area contributed by atoms with Crippen LogP contribution in [0.4, 0.5) is 11.4 Å². The fourth-order valence-electron chi connectivity index (χ4n) is 4.38. The summed E-state index contributed by atoms with van der Waals surface area (Å²) in [6.07, 6.45) is 3.76. The summed E-state index contributed by atoms with van der Waals surface area (Å²) in [5.74, 6) is 0.722. The largest absolute Gasteiger partial charge is 0.497 e. The number of hydrogen-bond acceptors (Lipinski definition) is 4. The van der Waals surface area contributed by atoms with Crippen molar-refractivity contribution in [3.05, 3.63) is 90.0 Å². The maximum absolute atomic E-state index is 13.2. The molecule has 172 valence electrons. The minimum Gasteiger partial charge on any atom is -0.497 e. The standard InChI is InChI=1S/C26H28N2O4S/c1-32-23-17-15-22(16-18-23)28-25(20-11-13-21(14-12-20)27-33(2,30)31)24(26(28)29)10-6-9-19-7-4-3-5-8-19/h3-5,7-8,11-18,24-25,27H,6,9-10H2,1-2H3/t24-,25-/m1/s1. The first-order valence-electron chi connectivity index (χ1n) is 10.9. The summed E-state index contributed by atoms with van der Waals surface area (Å²) >= 11 is 0. The molecule has 1 aliphatic rings. The Balaban J connectivity index is 1.55. The number of nitrogens with one attached hydrogen (secondary N) is 1. The molecule has 0 bridgehead atoms. The molecule has 3 aromatic rings. The molecule has 0 saturated carbocycles. The fourth-order valence-corrected chi connectivity index (χ4v) is 4.94. The van der Waals surface area contributed by atoms with Crippen molar-refractivity contribution in [2.24, 2.45) is 5.92 Å². The maximum Gasteiger partial charge on any atom is 0.233 e. The molecule has 0 radical (unpaired) electrons. The number of methoxy groups -OCH3 is 1. The van der Waals surface area contributed by atoms with Gasteiger partial charge in [-0.15, -0.1) is 0 Å². The van der Waals surface area contributed by atoms with E-state index in [-0.39, 0.29) is 17.9 Å². The van der Waals surface area contributed by atoms with E-state index in [0.29, 0.717) is 5.69 Å². The minimum atomic E-state index is -3.35. The van der Waals surface area contributed by atoms with Gasteiger partial charge < -0.3 is 9.64 Å². The summed E-state index contributed by atoms with van der Waals surface area (Å²) in [5.41, 5.74) is 3.57. The van der Waals surface area contributed by atoms with Gasteiger partial charge in [0.25, 0.3) is 0 Å². The highest BCUT2D eigenvalue weighted by atomic mass is 32.2. The molecule has 0 spiro atoms. The first kappa shape index (κ1) is 22.9. The number of carbonyl (C=O) groups excluding carboxylic acids is 1. The Hall–Kier alpha value is -3.32. The molecule has 0 aliphatic carbocycles. The van der Waals surface area contributed by atoms with Crippen LogP contribution >= 0.6 is 0 Å². The Kier molecular flexibility index (Phi) is 6.70. The summed E-state index contributed by atoms with van der Waals surface area (Å²) < 4.78 is 30.8. The van der Waals surface area contributed by atoms with Crippen LogP contribution in [0.3, 0.4) is 0 Å². The summed E-state index contributed by atoms with van der Waals surface area (Å²) in [5, 5.41) is 0. The Labute approximate surface area is 195 Å². The molecule has 0 unspecified atom stereocenters. The van der Waals surface area contributed by atoms with Crippen LogP contribution in [0.2, 0.25) is 0 Å². The number of sulfonamides is 1. The predicted octanol–water partition coefficient (Wildman–Crippen LogP) is 4.79. The zero-order valence-corrected chi connectivity index (χ0v) is 19.6. The van der Waals surface area contributed by atoms with Crippen molar-refractivity contribution < 1.29 is 17.9 Å². The molecular formula is C26H28N2O4S. The normalized spacial score (nSPS) is 18.0. The van der Waals surface area contributed by atoms with Gasteiger partial charge in [0.2, 0.25) is 15.9 Å². The third kappa shape index (κ3) is 5.37. The highest BCUT2D eigenvalue weighted by molar-refractivity contribution is 7.92. The van der Waals surface area contributed by atoms with E-state index in [1.807, 2.05) is 59.5 Å². The molecule has 1 aliphatic heterocycles. The van der Waals surface area contributed by atoms with Crippen molar-refractivity contribution in [1.82, 2.24) is 0 Å². The van der Waals surface area contributed by atoms with Gasteiger partial charge in [0.15, 0.2) is 0 Å². The lowest BCUT2D eigenvalue weighted by atomic mass is 9.78. The van der Waals surface area contributed by atoms with Crippen molar-refractivity contribution in [3.63, 3.8) is 0 Å². The minimum absolute atomic E-state index is 0.103. The molecule has 3 aromatic carbocycles. The Bertz CT molecular complexity index is 1190. The van der Waals surface area contributed by atoms with E-state index < -0.39 is 10.0 Å². The number of amides is 1. The van der Waals surface area contributed by atoms with Gasteiger partial charge in [-0.1, -0.05) is 42.5 Å². The average Bonchev–Trinajstić information content (AvgIpc) is 2.81. The molecule has 1 heterocycles. The predicted molar refractivity (Wildman–Crippen MR) is 131 cm³/mol. The van der Waals surface area contributed by atoms with Crippen molar-refractivity contribution in [1.29, 1.82) is 0 Å². The number of β-lactam (4-membered cyclic amide) rings is 1. The van der Waals surface area contributed by atoms with Gasteiger partial charge in [-0.05, 0) is 66.8 Å². The van der Waals surface area contributed by atoms with Crippen molar-refractivity contribution in [3.8, 4) is 5.75 Å². The van der Waals surface area contributed by atoms with Crippen LogP contribution in [0.15, 0.2) is 78.9 Å². The second-order valence-electron chi connectivity index (χ2n) is 8.33. The molecule has 1 N–H and O–H groups in total. The summed E-state index contributed by atoms with van der Waals surface area (Å²) in [4.78, 5) is 15.0. The van der Waals surface area contributed by atoms with E-state index in [2.05, 4.69) is 16.9 Å². The lowest BCUT2D eigenvalue weighted by Crippen LogP contribution is -2.55. The van der Waals surface area contributed by atoms with E-state index in [4.69, 9.17) is 4.74 Å². The number of ether oxygens (including phenoxy) is 1. The van der Waals surface area contributed by atoms with E-state index in [1.54, 1.807) is 19.2 Å². The zero-order valence-electron chi connectivity index (χ0n) is 18.8. The van der Waals surface area contributed by atoms with Crippen LogP contribution in [-0.4, -0.2) is 27.7 Å². The van der Waals surface area contributed by atoms with Crippen molar-refractivity contribution in [2.45, 2.75) is 25.3 Å². The van der Waals surface area contributed by atoms with E-state index >= 15 is 0 Å². The van der Waals surface area contributed by atoms with Gasteiger partial charge in [-0.2, -0.15) is 0 Å². The van der Waals surface area contributed by atoms with E-state index in [9.17, 15) is 13.2 Å². The van der Waals surface area contributed by atoms with Crippen LogP contribution < -0.4 is 14.4 Å². The van der Waals surface area contributed by atoms with Crippen LogP contribution in [0.25, 0.3) is 0 Å². The Morgan fingerprint density at radius 1 is 0.939 bits per heavy atom. The number of aryl methyl sites for hydroxylation is 1. The number of nitrogens with zero attached hydrogens (tertiary/aromatic N) is 1. The maximum atomic E-state index is 13.2. The van der Waals surface area contributed by atoms with E-state index in [1.165, 1.54) is 5.56 Å². The summed E-state index contributed by atoms with van der Waals surface area (Å²) in [6, 6.07) is 24.9. The molecule has 1 fully saturated rings. The molecule has 2 atom stereocenters. The van der Waals surface area contributed by atoms with Gasteiger partial charge in [-0.3, -0.25) is 9.52 Å². The molecule has 0 aromatic heterocycles. The number of anilines is 2. The highest BCUT2D eigenvalue weighted by Gasteiger charge is 2.48. The first-order valence-corrected chi connectivity index (χ1v) is 12.8. The second-order valence-corrected chi connectivity index (χ2v) is 10.1. The average molecular weight is 465 g/mol. The topological polar surface area (TPSA) is 75.7 Å². The summed E-state index contributed by atoms with van der Waals surface area (Å²) in [6.45, 7) is 0. The molecular weight excluding hydrogens is 436 g/mol. The first-order chi connectivity index (χ1) is 15.9. The van der Waals surface area contributed by atoms with E-state index in [0.717, 1.165) is 42.5 Å². The molecule has 6 nitrogen and oxygen atoms in total. The molecule has 1 amide bonds. The smallest absolute Gasteiger partial charge is 0.233 e. The van der Waals surface area contributed by atoms with Crippen molar-refractivity contribution in [2.75, 3.05) is 23.0 Å². The van der Waals surface area contributed by atoms with Gasteiger partial charge in [0, 0.05) is 11.4 Å². The highest BCUT2D eigenvalue weighted by Crippen LogP contribution is 2.46. The summed E-state index contributed by atoms with van der Waals surface area (Å²) in [7, 11) is -1.73. The van der Waals surface area contributed by atoms with Crippen LogP contribution in [-0.2, 0) is 21.2 Å². The van der Waals surface area contributed by atoms with Gasteiger partial charge >= 0.3 is 0 Å². The van der Waals surface area contributed by atoms with Gasteiger partial charge in [0.05, 0.1) is 25.3 Å². The number of rotatable bonds is 9. The van der Waals surface area contributed by atoms with Crippen LogP contribution in [0, 0.1) is 5.92 Å². The van der Waals surface area contributed by atoms with Crippen molar-refractivity contribution >= 4 is 27.3 Å². The SMILES string of the molecule is COc1ccc(N2C(=O)[C@H](CCCc3ccccc3)[C@H]2c2ccc(NS(C)(=O)=O)cc2)cc1. The number of carbonyl (C=O) groups is 1. The van der Waals surface area contributed by atoms with Gasteiger partial charge in [-0.25, -0.2) is 8.42 Å². The number of benzene rings is 3. The Morgan fingerprint density at radius 3 is 2.21 bits per heavy atom. The Morgan fingerprint density at radius 2 is 1.61 bits per heavy atom. The number of hydrogen-bond donors (Lipinski definition) is 1. The van der Waals surface area contributed by atoms with Crippen LogP contribution in [0.5, 0.6) is 5.75 Å². The lowest BCUT2D eigenvalue weighted by Gasteiger charge is -2.47. The molecule has 1 saturated heterocycles. The lowest BCUT2D eigenvalue weighted by molar-refractivity contribution is -0.130. The monoisotopic (exact) mass is 464 g/mol. The van der Waals surface area contributed by atoms with Crippen LogP contribution in [0.1, 0.15) is 30.0 Å². The molecule has 33 heavy (non-hydrogen) atoms. The quantitative estimate of drug-likeness (QED) is 0.462. The molecule has 4 rings (SSSR count). The van der Waals surface area contributed by atoms with Gasteiger partial charge in [0.1, 0.15) is 5.75 Å². The second kappa shape index (κ2) is 9.67. The zero-order chi connectivity index (χ0) is 23.4.